The van der Waals surface area contributed by atoms with Gasteiger partial charge in [-0.25, -0.2) is 4.98 Å². The second kappa shape index (κ2) is 6.08. The van der Waals surface area contributed by atoms with Crippen molar-refractivity contribution < 1.29 is 9.84 Å². The van der Waals surface area contributed by atoms with Crippen LogP contribution in [0.25, 0.3) is 0 Å². The van der Waals surface area contributed by atoms with Gasteiger partial charge in [-0.05, 0) is 44.8 Å². The lowest BCUT2D eigenvalue weighted by molar-refractivity contribution is 0.125. The highest BCUT2D eigenvalue weighted by atomic mass is 16.5. The van der Waals surface area contributed by atoms with E-state index in [1.165, 1.54) is 12.8 Å². The maximum absolute atomic E-state index is 10.3. The Morgan fingerprint density at radius 3 is 2.70 bits per heavy atom. The topological polar surface area (TPSA) is 71.6 Å². The molecule has 1 aromatic heterocycles. The van der Waals surface area contributed by atoms with Crippen molar-refractivity contribution in [3.05, 3.63) is 23.9 Å². The van der Waals surface area contributed by atoms with Crippen molar-refractivity contribution in [2.75, 3.05) is 19.6 Å². The normalized spacial score (nSPS) is 22.7. The second-order valence-electron chi connectivity index (χ2n) is 5.86. The second-order valence-corrected chi connectivity index (χ2v) is 5.86. The zero-order valence-corrected chi connectivity index (χ0v) is 11.7. The predicted molar refractivity (Wildman–Crippen MR) is 76.5 cm³/mol. The fraction of sp³-hybridized carbons (Fsp3) is 0.667. The van der Waals surface area contributed by atoms with Gasteiger partial charge in [0.05, 0.1) is 6.10 Å². The van der Waals surface area contributed by atoms with Gasteiger partial charge in [0.25, 0.3) is 0 Å². The van der Waals surface area contributed by atoms with Crippen LogP contribution in [-0.2, 0) is 0 Å². The summed E-state index contributed by atoms with van der Waals surface area (Å²) in [6, 6.07) is 3.41. The number of aliphatic hydroxyl groups is 1. The first-order chi connectivity index (χ1) is 9.72. The number of aliphatic hydroxyl groups excluding tert-OH is 1. The molecule has 1 aromatic rings. The van der Waals surface area contributed by atoms with E-state index < -0.39 is 6.10 Å². The highest BCUT2D eigenvalue weighted by molar-refractivity contribution is 5.21. The summed E-state index contributed by atoms with van der Waals surface area (Å²) in [4.78, 5) is 6.55. The van der Waals surface area contributed by atoms with Crippen LogP contribution in [0.15, 0.2) is 18.3 Å². The zero-order valence-electron chi connectivity index (χ0n) is 11.7. The van der Waals surface area contributed by atoms with E-state index in [-0.39, 0.29) is 6.04 Å². The quantitative estimate of drug-likeness (QED) is 0.814. The molecule has 110 valence electrons. The van der Waals surface area contributed by atoms with Gasteiger partial charge in [0, 0.05) is 30.4 Å². The third-order valence-electron chi connectivity index (χ3n) is 3.99. The van der Waals surface area contributed by atoms with Crippen molar-refractivity contribution >= 4 is 0 Å². The van der Waals surface area contributed by atoms with Crippen LogP contribution in [0.1, 0.15) is 37.4 Å². The van der Waals surface area contributed by atoms with Crippen LogP contribution >= 0.6 is 0 Å². The van der Waals surface area contributed by atoms with Gasteiger partial charge in [-0.3, -0.25) is 0 Å². The SMILES string of the molecule is N[C@H](CN1CCCC1)C(O)c1ccc(OC2CC2)nc1. The molecule has 2 fully saturated rings. The Kier molecular flexibility index (Phi) is 4.19. The third-order valence-corrected chi connectivity index (χ3v) is 3.99. The summed E-state index contributed by atoms with van der Waals surface area (Å²) in [5.41, 5.74) is 6.87. The summed E-state index contributed by atoms with van der Waals surface area (Å²) in [7, 11) is 0. The van der Waals surface area contributed by atoms with E-state index in [9.17, 15) is 5.11 Å². The lowest BCUT2D eigenvalue weighted by Gasteiger charge is -2.24. The van der Waals surface area contributed by atoms with Crippen LogP contribution in [0.4, 0.5) is 0 Å². The van der Waals surface area contributed by atoms with Crippen molar-refractivity contribution in [1.29, 1.82) is 0 Å². The predicted octanol–water partition coefficient (Wildman–Crippen LogP) is 1.08. The highest BCUT2D eigenvalue weighted by Crippen LogP contribution is 2.26. The van der Waals surface area contributed by atoms with Gasteiger partial charge in [0.15, 0.2) is 0 Å². The molecule has 1 unspecified atom stereocenters. The van der Waals surface area contributed by atoms with Crippen LogP contribution in [0, 0.1) is 0 Å². The Bertz CT molecular complexity index is 427. The summed E-state index contributed by atoms with van der Waals surface area (Å²) in [5, 5.41) is 10.3. The van der Waals surface area contributed by atoms with Gasteiger partial charge in [0.2, 0.25) is 5.88 Å². The lowest BCUT2D eigenvalue weighted by Crippen LogP contribution is -2.40. The van der Waals surface area contributed by atoms with Crippen LogP contribution in [0.2, 0.25) is 0 Å². The highest BCUT2D eigenvalue weighted by Gasteiger charge is 2.25. The summed E-state index contributed by atoms with van der Waals surface area (Å²) in [5.74, 6) is 0.636. The fourth-order valence-corrected chi connectivity index (χ4v) is 2.60. The molecule has 3 rings (SSSR count). The smallest absolute Gasteiger partial charge is 0.213 e. The number of hydrogen-bond donors (Lipinski definition) is 2. The number of rotatable bonds is 6. The Balaban J connectivity index is 1.55. The number of ether oxygens (including phenoxy) is 1. The molecule has 5 heteroatoms. The molecule has 1 aliphatic heterocycles. The minimum atomic E-state index is -0.668. The molecule has 2 aliphatic rings. The molecule has 0 radical (unpaired) electrons. The molecule has 1 saturated carbocycles. The molecule has 0 amide bonds. The molecule has 5 nitrogen and oxygen atoms in total. The molecule has 1 aliphatic carbocycles. The van der Waals surface area contributed by atoms with Crippen LogP contribution in [0.5, 0.6) is 5.88 Å². The van der Waals surface area contributed by atoms with Crippen LogP contribution in [0.3, 0.4) is 0 Å². The van der Waals surface area contributed by atoms with Gasteiger partial charge in [-0.2, -0.15) is 0 Å². The first-order valence-corrected chi connectivity index (χ1v) is 7.51. The Morgan fingerprint density at radius 2 is 2.10 bits per heavy atom. The average molecular weight is 277 g/mol. The number of likely N-dealkylation sites (tertiary alicyclic amines) is 1. The van der Waals surface area contributed by atoms with Gasteiger partial charge >= 0.3 is 0 Å². The Labute approximate surface area is 119 Å². The summed E-state index contributed by atoms with van der Waals surface area (Å²) < 4.78 is 5.60. The molecular weight excluding hydrogens is 254 g/mol. The van der Waals surface area contributed by atoms with Crippen molar-refractivity contribution in [3.8, 4) is 5.88 Å². The van der Waals surface area contributed by atoms with Crippen LogP contribution < -0.4 is 10.5 Å². The summed E-state index contributed by atoms with van der Waals surface area (Å²) >= 11 is 0. The molecule has 0 spiro atoms. The minimum Gasteiger partial charge on any atom is -0.474 e. The number of hydrogen-bond acceptors (Lipinski definition) is 5. The number of aromatic nitrogens is 1. The van der Waals surface area contributed by atoms with Crippen molar-refractivity contribution in [1.82, 2.24) is 9.88 Å². The summed E-state index contributed by atoms with van der Waals surface area (Å²) in [6.45, 7) is 2.92. The third kappa shape index (κ3) is 3.48. The van der Waals surface area contributed by atoms with E-state index in [0.717, 1.165) is 38.0 Å². The van der Waals surface area contributed by atoms with Gasteiger partial charge in [-0.15, -0.1) is 0 Å². The van der Waals surface area contributed by atoms with E-state index in [1.54, 1.807) is 6.20 Å². The molecule has 1 saturated heterocycles. The van der Waals surface area contributed by atoms with Gasteiger partial charge in [-0.1, -0.05) is 0 Å². The zero-order chi connectivity index (χ0) is 13.9. The van der Waals surface area contributed by atoms with Crippen molar-refractivity contribution in [2.24, 2.45) is 5.73 Å². The summed E-state index contributed by atoms with van der Waals surface area (Å²) in [6.07, 6.45) is 6.05. The largest absolute Gasteiger partial charge is 0.474 e. The van der Waals surface area contributed by atoms with E-state index in [1.807, 2.05) is 12.1 Å². The standard InChI is InChI=1S/C15H23N3O2/c16-13(10-18-7-1-2-8-18)15(19)11-3-6-14(17-9-11)20-12-4-5-12/h3,6,9,12-13,15,19H,1-2,4-5,7-8,10,16H2/t13-,15?/m1/s1. The molecule has 3 N–H and O–H groups in total. The average Bonchev–Trinajstić information content (AvgIpc) is 3.12. The van der Waals surface area contributed by atoms with E-state index in [4.69, 9.17) is 10.5 Å². The lowest BCUT2D eigenvalue weighted by atomic mass is 10.0. The molecule has 0 bridgehead atoms. The van der Waals surface area contributed by atoms with Crippen molar-refractivity contribution in [3.63, 3.8) is 0 Å². The molecule has 0 aromatic carbocycles. The Hall–Kier alpha value is -1.17. The maximum atomic E-state index is 10.3. The number of nitrogens with zero attached hydrogens (tertiary/aromatic N) is 2. The van der Waals surface area contributed by atoms with E-state index in [0.29, 0.717) is 12.0 Å². The first kappa shape index (κ1) is 13.8. The first-order valence-electron chi connectivity index (χ1n) is 7.51. The molecule has 2 heterocycles. The van der Waals surface area contributed by atoms with Gasteiger partial charge in [0.1, 0.15) is 6.10 Å². The molecule has 20 heavy (non-hydrogen) atoms. The maximum Gasteiger partial charge on any atom is 0.213 e. The van der Waals surface area contributed by atoms with Gasteiger partial charge < -0.3 is 20.5 Å². The number of pyridine rings is 1. The fourth-order valence-electron chi connectivity index (χ4n) is 2.60. The van der Waals surface area contributed by atoms with E-state index in [2.05, 4.69) is 9.88 Å². The van der Waals surface area contributed by atoms with Crippen LogP contribution in [-0.4, -0.2) is 46.8 Å². The van der Waals surface area contributed by atoms with E-state index >= 15 is 0 Å². The Morgan fingerprint density at radius 1 is 1.35 bits per heavy atom. The minimum absolute atomic E-state index is 0.273. The number of nitrogens with two attached hydrogens (primary N) is 1. The monoisotopic (exact) mass is 277 g/mol. The van der Waals surface area contributed by atoms with Crippen molar-refractivity contribution in [2.45, 2.75) is 43.9 Å². The molecule has 2 atom stereocenters. The molecular formula is C15H23N3O2.